The summed E-state index contributed by atoms with van der Waals surface area (Å²) < 4.78 is 0. The van der Waals surface area contributed by atoms with Crippen LogP contribution in [-0.2, 0) is 0 Å². The van der Waals surface area contributed by atoms with Gasteiger partial charge in [0.25, 0.3) is 0 Å². The molecule has 2 aliphatic rings. The van der Waals surface area contributed by atoms with Crippen molar-refractivity contribution in [2.45, 2.75) is 6.42 Å². The van der Waals surface area contributed by atoms with Crippen molar-refractivity contribution in [2.24, 2.45) is 0 Å². The van der Waals surface area contributed by atoms with E-state index in [9.17, 15) is 0 Å². The van der Waals surface area contributed by atoms with Crippen molar-refractivity contribution in [3.8, 4) is 0 Å². The monoisotopic (exact) mass is 293 g/mol. The normalized spacial score (nSPS) is 17.2. The molecule has 0 saturated carbocycles. The average molecular weight is 294 g/mol. The van der Waals surface area contributed by atoms with Crippen molar-refractivity contribution in [1.82, 2.24) is 4.90 Å². The first kappa shape index (κ1) is 12.7. The number of fused-ring (bicyclic) bond motifs is 1. The van der Waals surface area contributed by atoms with Crippen molar-refractivity contribution in [2.75, 3.05) is 13.1 Å². The summed E-state index contributed by atoms with van der Waals surface area (Å²) >= 11 is 6.03. The summed E-state index contributed by atoms with van der Waals surface area (Å²) in [6.45, 7) is 2.13. The van der Waals surface area contributed by atoms with Gasteiger partial charge in [-0.3, -0.25) is 0 Å². The van der Waals surface area contributed by atoms with E-state index < -0.39 is 0 Å². The summed E-state index contributed by atoms with van der Waals surface area (Å²) in [5, 5.41) is 0.790. The highest BCUT2D eigenvalue weighted by Gasteiger charge is 2.30. The summed E-state index contributed by atoms with van der Waals surface area (Å²) in [6, 6.07) is 18.9. The van der Waals surface area contributed by atoms with E-state index in [0.717, 1.165) is 24.5 Å². The highest BCUT2D eigenvalue weighted by atomic mass is 35.5. The number of nitrogens with zero attached hydrogens (tertiary/aromatic N) is 1. The van der Waals surface area contributed by atoms with E-state index in [0.29, 0.717) is 0 Å². The van der Waals surface area contributed by atoms with Crippen molar-refractivity contribution in [3.05, 3.63) is 82.5 Å². The number of halogens is 1. The molecule has 0 N–H and O–H groups in total. The molecule has 2 heterocycles. The second-order valence-electron chi connectivity index (χ2n) is 5.53. The highest BCUT2D eigenvalue weighted by Crippen LogP contribution is 2.42. The highest BCUT2D eigenvalue weighted by molar-refractivity contribution is 6.30. The van der Waals surface area contributed by atoms with Gasteiger partial charge in [0.2, 0.25) is 0 Å². The lowest BCUT2D eigenvalue weighted by Crippen LogP contribution is -2.15. The average Bonchev–Trinajstić information content (AvgIpc) is 3.09. The lowest BCUT2D eigenvalue weighted by Gasteiger charge is -2.14. The third-order valence-corrected chi connectivity index (χ3v) is 4.49. The van der Waals surface area contributed by atoms with Gasteiger partial charge in [-0.1, -0.05) is 60.1 Å². The molecule has 0 spiro atoms. The van der Waals surface area contributed by atoms with Gasteiger partial charge in [0.05, 0.1) is 0 Å². The molecule has 0 bridgehead atoms. The Bertz CT molecular complexity index is 726. The zero-order chi connectivity index (χ0) is 14.2. The lowest BCUT2D eigenvalue weighted by atomic mass is 9.95. The predicted octanol–water partition coefficient (Wildman–Crippen LogP) is 4.85. The second kappa shape index (κ2) is 5.09. The molecule has 0 aliphatic carbocycles. The summed E-state index contributed by atoms with van der Waals surface area (Å²) in [5.74, 6) is 0. The molecule has 0 radical (unpaired) electrons. The zero-order valence-electron chi connectivity index (χ0n) is 11.7. The van der Waals surface area contributed by atoms with Crippen LogP contribution >= 0.6 is 11.6 Å². The minimum Gasteiger partial charge on any atom is -0.367 e. The number of rotatable bonds is 2. The van der Waals surface area contributed by atoms with E-state index in [1.54, 1.807) is 0 Å². The van der Waals surface area contributed by atoms with Crippen molar-refractivity contribution >= 4 is 22.7 Å². The molecule has 0 atom stereocenters. The molecule has 2 aromatic carbocycles. The van der Waals surface area contributed by atoms with Crippen LogP contribution in [-0.4, -0.2) is 18.0 Å². The first-order valence-electron chi connectivity index (χ1n) is 7.33. The standard InChI is InChI=1S/C19H16ClN/c20-16-10-8-14(9-11-16)17-13-21-12-4-7-18(21)19(17)15-5-2-1-3-6-15/h1-3,5-11H,4,12-13H2. The maximum atomic E-state index is 6.03. The summed E-state index contributed by atoms with van der Waals surface area (Å²) in [4.78, 5) is 2.48. The number of hydrogen-bond donors (Lipinski definition) is 0. The molecule has 104 valence electrons. The fourth-order valence-electron chi connectivity index (χ4n) is 3.27. The molecule has 1 nitrogen and oxygen atoms in total. The van der Waals surface area contributed by atoms with Gasteiger partial charge in [-0.25, -0.2) is 0 Å². The molecular weight excluding hydrogens is 278 g/mol. The maximum absolute atomic E-state index is 6.03. The molecule has 0 aromatic heterocycles. The SMILES string of the molecule is Clc1ccc(C2=C(c3ccccc3)C3=CCCN3C2)cc1. The van der Waals surface area contributed by atoms with E-state index in [-0.39, 0.29) is 0 Å². The molecule has 2 aliphatic heterocycles. The van der Waals surface area contributed by atoms with Gasteiger partial charge in [-0.15, -0.1) is 0 Å². The Balaban J connectivity index is 1.89. The van der Waals surface area contributed by atoms with E-state index >= 15 is 0 Å². The third kappa shape index (κ3) is 2.18. The van der Waals surface area contributed by atoms with E-state index in [1.165, 1.54) is 28.0 Å². The maximum Gasteiger partial charge on any atom is 0.0442 e. The minimum absolute atomic E-state index is 0.790. The second-order valence-corrected chi connectivity index (χ2v) is 5.96. The van der Waals surface area contributed by atoms with Crippen molar-refractivity contribution < 1.29 is 0 Å². The molecule has 4 rings (SSSR count). The zero-order valence-corrected chi connectivity index (χ0v) is 12.5. The number of benzene rings is 2. The van der Waals surface area contributed by atoms with E-state index in [4.69, 9.17) is 11.6 Å². The topological polar surface area (TPSA) is 3.24 Å². The van der Waals surface area contributed by atoms with Crippen LogP contribution in [0.1, 0.15) is 17.5 Å². The Morgan fingerprint density at radius 2 is 1.62 bits per heavy atom. The Hall–Kier alpha value is -1.99. The van der Waals surface area contributed by atoms with Gasteiger partial charge in [0.15, 0.2) is 0 Å². The first-order chi connectivity index (χ1) is 10.3. The molecule has 0 unspecified atom stereocenters. The van der Waals surface area contributed by atoms with Crippen LogP contribution in [0.3, 0.4) is 0 Å². The van der Waals surface area contributed by atoms with Gasteiger partial charge in [0.1, 0.15) is 0 Å². The van der Waals surface area contributed by atoms with Gasteiger partial charge in [0, 0.05) is 29.4 Å². The van der Waals surface area contributed by atoms with Gasteiger partial charge in [-0.2, -0.15) is 0 Å². The molecule has 0 fully saturated rings. The first-order valence-corrected chi connectivity index (χ1v) is 7.71. The van der Waals surface area contributed by atoms with Crippen molar-refractivity contribution in [1.29, 1.82) is 0 Å². The number of allylic oxidation sites excluding steroid dienone is 1. The molecule has 2 aromatic rings. The third-order valence-electron chi connectivity index (χ3n) is 4.24. The van der Waals surface area contributed by atoms with Crippen LogP contribution in [0.15, 0.2) is 66.4 Å². The Kier molecular flexibility index (Phi) is 3.08. The van der Waals surface area contributed by atoms with E-state index in [1.807, 2.05) is 12.1 Å². The minimum atomic E-state index is 0.790. The quantitative estimate of drug-likeness (QED) is 0.765. The van der Waals surface area contributed by atoms with Gasteiger partial charge >= 0.3 is 0 Å². The Morgan fingerprint density at radius 1 is 0.857 bits per heavy atom. The van der Waals surface area contributed by atoms with Crippen LogP contribution < -0.4 is 0 Å². The molecule has 0 amide bonds. The largest absolute Gasteiger partial charge is 0.367 e. The van der Waals surface area contributed by atoms with Crippen LogP contribution in [0.5, 0.6) is 0 Å². The van der Waals surface area contributed by atoms with Crippen LogP contribution in [0.25, 0.3) is 11.1 Å². The molecular formula is C19H16ClN. The van der Waals surface area contributed by atoms with Crippen molar-refractivity contribution in [3.63, 3.8) is 0 Å². The van der Waals surface area contributed by atoms with Crippen LogP contribution in [0, 0.1) is 0 Å². The fraction of sp³-hybridized carbons (Fsp3) is 0.158. The Labute approximate surface area is 130 Å². The molecule has 21 heavy (non-hydrogen) atoms. The van der Waals surface area contributed by atoms with E-state index in [2.05, 4.69) is 53.4 Å². The molecule has 2 heteroatoms. The smallest absolute Gasteiger partial charge is 0.0442 e. The molecule has 0 saturated heterocycles. The summed E-state index contributed by atoms with van der Waals surface area (Å²) in [6.07, 6.45) is 3.52. The van der Waals surface area contributed by atoms with Gasteiger partial charge < -0.3 is 4.90 Å². The lowest BCUT2D eigenvalue weighted by molar-refractivity contribution is 0.450. The summed E-state index contributed by atoms with van der Waals surface area (Å²) in [7, 11) is 0. The Morgan fingerprint density at radius 3 is 2.38 bits per heavy atom. The number of hydrogen-bond acceptors (Lipinski definition) is 1. The fourth-order valence-corrected chi connectivity index (χ4v) is 3.40. The van der Waals surface area contributed by atoms with Crippen LogP contribution in [0.4, 0.5) is 0 Å². The van der Waals surface area contributed by atoms with Crippen LogP contribution in [0.2, 0.25) is 5.02 Å². The summed E-state index contributed by atoms with van der Waals surface area (Å²) in [5.41, 5.74) is 6.76. The van der Waals surface area contributed by atoms with Gasteiger partial charge in [-0.05, 0) is 35.3 Å². The predicted molar refractivity (Wildman–Crippen MR) is 89.0 cm³/mol.